The maximum absolute atomic E-state index is 13.4. The van der Waals surface area contributed by atoms with Crippen LogP contribution in [-0.4, -0.2) is 61.7 Å². The number of amides is 2. The molecule has 0 saturated carbocycles. The number of anilines is 1. The van der Waals surface area contributed by atoms with Crippen molar-refractivity contribution in [1.82, 2.24) is 9.21 Å². The highest BCUT2D eigenvalue weighted by Gasteiger charge is 2.40. The molecule has 0 radical (unpaired) electrons. The lowest BCUT2D eigenvalue weighted by molar-refractivity contribution is -0.122. The summed E-state index contributed by atoms with van der Waals surface area (Å²) in [5, 5.41) is 0. The van der Waals surface area contributed by atoms with E-state index in [1.807, 2.05) is 0 Å². The number of carbonyl (C=O) groups excluding carboxylic acids is 2. The number of carbonyl (C=O) groups is 2. The SMILES string of the molecule is O=C([C@@H]1CCCN1C(=O)c1ccco1)N1CCc2cc(S(=O)(=O)N3CCCCC3)ccc21. The molecule has 0 spiro atoms. The highest BCUT2D eigenvalue weighted by Crippen LogP contribution is 2.34. The van der Waals surface area contributed by atoms with Crippen molar-refractivity contribution in [2.75, 3.05) is 31.1 Å². The maximum atomic E-state index is 13.4. The summed E-state index contributed by atoms with van der Waals surface area (Å²) >= 11 is 0. The van der Waals surface area contributed by atoms with Gasteiger partial charge in [0.25, 0.3) is 5.91 Å². The van der Waals surface area contributed by atoms with E-state index in [0.29, 0.717) is 43.9 Å². The minimum absolute atomic E-state index is 0.118. The van der Waals surface area contributed by atoms with Gasteiger partial charge in [0.1, 0.15) is 6.04 Å². The van der Waals surface area contributed by atoms with Gasteiger partial charge in [0.05, 0.1) is 11.2 Å². The monoisotopic (exact) mass is 457 g/mol. The van der Waals surface area contributed by atoms with Gasteiger partial charge in [-0.1, -0.05) is 6.42 Å². The number of rotatable bonds is 4. The zero-order chi connectivity index (χ0) is 22.3. The Kier molecular flexibility index (Phi) is 5.54. The first-order chi connectivity index (χ1) is 15.5. The highest BCUT2D eigenvalue weighted by molar-refractivity contribution is 7.89. The predicted octanol–water partition coefficient (Wildman–Crippen LogP) is 2.65. The van der Waals surface area contributed by atoms with Crippen LogP contribution in [0.4, 0.5) is 5.69 Å². The van der Waals surface area contributed by atoms with Crippen molar-refractivity contribution in [3.63, 3.8) is 0 Å². The molecule has 2 aromatic rings. The van der Waals surface area contributed by atoms with Crippen molar-refractivity contribution in [3.05, 3.63) is 47.9 Å². The van der Waals surface area contributed by atoms with E-state index >= 15 is 0 Å². The van der Waals surface area contributed by atoms with Gasteiger partial charge in [-0.2, -0.15) is 4.31 Å². The lowest BCUT2D eigenvalue weighted by Crippen LogP contribution is -2.47. The predicted molar refractivity (Wildman–Crippen MR) is 118 cm³/mol. The quantitative estimate of drug-likeness (QED) is 0.704. The van der Waals surface area contributed by atoms with E-state index in [0.717, 1.165) is 36.9 Å². The fourth-order valence-electron chi connectivity index (χ4n) is 5.01. The lowest BCUT2D eigenvalue weighted by atomic mass is 10.1. The van der Waals surface area contributed by atoms with Crippen molar-refractivity contribution < 1.29 is 22.4 Å². The smallest absolute Gasteiger partial charge is 0.290 e. The minimum Gasteiger partial charge on any atom is -0.459 e. The molecule has 170 valence electrons. The van der Waals surface area contributed by atoms with Gasteiger partial charge in [0.2, 0.25) is 15.9 Å². The summed E-state index contributed by atoms with van der Waals surface area (Å²) in [6.45, 7) is 2.13. The third-order valence-electron chi connectivity index (χ3n) is 6.70. The van der Waals surface area contributed by atoms with E-state index in [1.165, 1.54) is 6.26 Å². The first kappa shape index (κ1) is 21.2. The largest absolute Gasteiger partial charge is 0.459 e. The molecule has 1 aromatic carbocycles. The molecular formula is C23H27N3O5S. The zero-order valence-corrected chi connectivity index (χ0v) is 18.7. The number of furan rings is 1. The molecule has 32 heavy (non-hydrogen) atoms. The lowest BCUT2D eigenvalue weighted by Gasteiger charge is -2.28. The van der Waals surface area contributed by atoms with Gasteiger partial charge in [-0.25, -0.2) is 8.42 Å². The normalized spacial score (nSPS) is 21.7. The van der Waals surface area contributed by atoms with Gasteiger partial charge in [-0.15, -0.1) is 0 Å². The van der Waals surface area contributed by atoms with E-state index in [-0.39, 0.29) is 17.6 Å². The Morgan fingerprint density at radius 2 is 1.78 bits per heavy atom. The van der Waals surface area contributed by atoms with Gasteiger partial charge in [-0.3, -0.25) is 9.59 Å². The first-order valence-corrected chi connectivity index (χ1v) is 12.7. The van der Waals surface area contributed by atoms with Crippen LogP contribution in [0.5, 0.6) is 0 Å². The van der Waals surface area contributed by atoms with E-state index in [2.05, 4.69) is 0 Å². The van der Waals surface area contributed by atoms with Gasteiger partial charge in [0.15, 0.2) is 5.76 Å². The van der Waals surface area contributed by atoms with Crippen molar-refractivity contribution >= 4 is 27.5 Å². The number of nitrogens with zero attached hydrogens (tertiary/aromatic N) is 3. The van der Waals surface area contributed by atoms with Gasteiger partial charge >= 0.3 is 0 Å². The third-order valence-corrected chi connectivity index (χ3v) is 8.59. The molecule has 8 nitrogen and oxygen atoms in total. The summed E-state index contributed by atoms with van der Waals surface area (Å²) in [4.78, 5) is 29.8. The summed E-state index contributed by atoms with van der Waals surface area (Å²) in [6, 6.07) is 7.80. The van der Waals surface area contributed by atoms with Gasteiger partial charge in [-0.05, 0) is 68.0 Å². The Hall–Kier alpha value is -2.65. The molecule has 2 saturated heterocycles. The Bertz CT molecular complexity index is 1120. The average Bonchev–Trinajstić information content (AvgIpc) is 3.59. The molecule has 0 bridgehead atoms. The average molecular weight is 458 g/mol. The van der Waals surface area contributed by atoms with Crippen LogP contribution in [0.25, 0.3) is 0 Å². The van der Waals surface area contributed by atoms with Crippen LogP contribution in [-0.2, 0) is 21.2 Å². The van der Waals surface area contributed by atoms with Crippen molar-refractivity contribution in [2.45, 2.75) is 49.5 Å². The minimum atomic E-state index is -3.52. The molecule has 0 unspecified atom stereocenters. The number of sulfonamides is 1. The zero-order valence-electron chi connectivity index (χ0n) is 17.9. The van der Waals surface area contributed by atoms with Crippen LogP contribution < -0.4 is 4.90 Å². The first-order valence-electron chi connectivity index (χ1n) is 11.3. The molecule has 9 heteroatoms. The molecule has 2 amide bonds. The molecular weight excluding hydrogens is 430 g/mol. The number of fused-ring (bicyclic) bond motifs is 1. The second kappa shape index (κ2) is 8.37. The van der Waals surface area contributed by atoms with E-state index in [1.54, 1.807) is 44.4 Å². The van der Waals surface area contributed by atoms with E-state index < -0.39 is 16.1 Å². The van der Waals surface area contributed by atoms with Crippen LogP contribution in [0.15, 0.2) is 45.9 Å². The molecule has 4 heterocycles. The number of benzene rings is 1. The molecule has 1 aromatic heterocycles. The molecule has 3 aliphatic heterocycles. The molecule has 1 atom stereocenters. The van der Waals surface area contributed by atoms with Crippen LogP contribution in [0.1, 0.15) is 48.2 Å². The summed E-state index contributed by atoms with van der Waals surface area (Å²) in [6.07, 6.45) is 6.26. The van der Waals surface area contributed by atoms with E-state index in [4.69, 9.17) is 4.42 Å². The van der Waals surface area contributed by atoms with Crippen LogP contribution in [0, 0.1) is 0 Å². The van der Waals surface area contributed by atoms with Crippen molar-refractivity contribution in [2.24, 2.45) is 0 Å². The number of piperidine rings is 1. The molecule has 2 fully saturated rings. The summed E-state index contributed by atoms with van der Waals surface area (Å²) < 4.78 is 32.9. The Labute approximate surface area is 187 Å². The Morgan fingerprint density at radius 3 is 2.53 bits per heavy atom. The second-order valence-electron chi connectivity index (χ2n) is 8.63. The van der Waals surface area contributed by atoms with E-state index in [9.17, 15) is 18.0 Å². The van der Waals surface area contributed by atoms with Crippen LogP contribution in [0.3, 0.4) is 0 Å². The highest BCUT2D eigenvalue weighted by atomic mass is 32.2. The number of hydrogen-bond donors (Lipinski definition) is 0. The molecule has 3 aliphatic rings. The molecule has 0 aliphatic carbocycles. The molecule has 0 N–H and O–H groups in total. The fraction of sp³-hybridized carbons (Fsp3) is 0.478. The standard InChI is InChI=1S/C23H27N3O5S/c27-22(20-6-4-13-25(20)23(28)21-7-5-15-31-21)26-14-10-17-16-18(8-9-19(17)26)32(29,30)24-11-2-1-3-12-24/h5,7-9,15-16,20H,1-4,6,10-14H2/t20-/m0/s1. The summed E-state index contributed by atoms with van der Waals surface area (Å²) in [5.74, 6) is -0.153. The number of likely N-dealkylation sites (tertiary alicyclic amines) is 1. The fourth-order valence-corrected chi connectivity index (χ4v) is 6.58. The van der Waals surface area contributed by atoms with Gasteiger partial charge < -0.3 is 14.2 Å². The Balaban J connectivity index is 1.36. The third kappa shape index (κ3) is 3.63. The Morgan fingerprint density at radius 1 is 0.969 bits per heavy atom. The second-order valence-corrected chi connectivity index (χ2v) is 10.6. The summed E-state index contributed by atoms with van der Waals surface area (Å²) in [7, 11) is -3.52. The topological polar surface area (TPSA) is 91.1 Å². The van der Waals surface area contributed by atoms with Crippen molar-refractivity contribution in [1.29, 1.82) is 0 Å². The van der Waals surface area contributed by atoms with Crippen LogP contribution >= 0.6 is 0 Å². The summed E-state index contributed by atoms with van der Waals surface area (Å²) in [5.41, 5.74) is 1.60. The van der Waals surface area contributed by atoms with Crippen molar-refractivity contribution in [3.8, 4) is 0 Å². The van der Waals surface area contributed by atoms with Gasteiger partial charge in [0, 0.05) is 31.9 Å². The number of hydrogen-bond acceptors (Lipinski definition) is 5. The maximum Gasteiger partial charge on any atom is 0.290 e. The van der Waals surface area contributed by atoms with Crippen LogP contribution in [0.2, 0.25) is 0 Å². The molecule has 5 rings (SSSR count).